The van der Waals surface area contributed by atoms with Crippen LogP contribution in [-0.2, 0) is 15.0 Å². The second-order valence-electron chi connectivity index (χ2n) is 9.76. The zero-order chi connectivity index (χ0) is 25.3. The van der Waals surface area contributed by atoms with Gasteiger partial charge in [0.1, 0.15) is 12.3 Å². The Morgan fingerprint density at radius 1 is 1.11 bits per heavy atom. The van der Waals surface area contributed by atoms with E-state index in [0.717, 1.165) is 36.5 Å². The summed E-state index contributed by atoms with van der Waals surface area (Å²) in [6.07, 6.45) is 4.01. The third-order valence-electron chi connectivity index (χ3n) is 7.04. The molecule has 6 nitrogen and oxygen atoms in total. The first-order valence-electron chi connectivity index (χ1n) is 12.1. The second-order valence-corrected chi connectivity index (χ2v) is 9.76. The van der Waals surface area contributed by atoms with E-state index in [2.05, 4.69) is 37.5 Å². The highest BCUT2D eigenvalue weighted by Gasteiger charge is 2.46. The molecule has 6 heteroatoms. The van der Waals surface area contributed by atoms with Crippen molar-refractivity contribution in [2.45, 2.75) is 45.4 Å². The Morgan fingerprint density at radius 3 is 2.43 bits per heavy atom. The monoisotopic (exact) mass is 473 g/mol. The number of carbonyl (C=O) groups excluding carboxylic acids is 1. The number of hydrogen-bond donors (Lipinski definition) is 2. The second kappa shape index (κ2) is 9.53. The topological polar surface area (TPSA) is 80.9 Å². The van der Waals surface area contributed by atoms with E-state index in [4.69, 9.17) is 5.11 Å². The fourth-order valence-corrected chi connectivity index (χ4v) is 4.89. The molecule has 0 unspecified atom stereocenters. The van der Waals surface area contributed by atoms with Crippen LogP contribution in [0.5, 0.6) is 0 Å². The highest BCUT2D eigenvalue weighted by Crippen LogP contribution is 2.42. The number of fused-ring (bicyclic) bond motifs is 1. The number of carbonyl (C=O) groups is 2. The van der Waals surface area contributed by atoms with Gasteiger partial charge in [-0.15, -0.1) is 0 Å². The minimum Gasteiger partial charge on any atom is -0.506 e. The van der Waals surface area contributed by atoms with Crippen molar-refractivity contribution in [1.29, 1.82) is 0 Å². The Balaban J connectivity index is 1.65. The molecule has 2 N–H and O–H groups in total. The summed E-state index contributed by atoms with van der Waals surface area (Å²) >= 11 is 0. The van der Waals surface area contributed by atoms with E-state index in [1.807, 2.05) is 42.3 Å². The lowest BCUT2D eigenvalue weighted by Gasteiger charge is -2.24. The molecule has 0 amide bonds. The first-order valence-corrected chi connectivity index (χ1v) is 12.1. The predicted octanol–water partition coefficient (Wildman–Crippen LogP) is 5.25. The molecule has 0 saturated heterocycles. The van der Waals surface area contributed by atoms with Gasteiger partial charge in [0.25, 0.3) is 0 Å². The normalized spacial score (nSPS) is 17.6. The average molecular weight is 474 g/mol. The fraction of sp³-hybridized carbons (Fsp3) is 0.345. The molecule has 2 aromatic carbocycles. The Bertz CT molecular complexity index is 1270. The first-order chi connectivity index (χ1) is 16.7. The van der Waals surface area contributed by atoms with Crippen molar-refractivity contribution in [3.8, 4) is 0 Å². The van der Waals surface area contributed by atoms with Crippen LogP contribution >= 0.6 is 0 Å². The zero-order valence-electron chi connectivity index (χ0n) is 20.8. The van der Waals surface area contributed by atoms with Gasteiger partial charge in [0.2, 0.25) is 11.5 Å². The van der Waals surface area contributed by atoms with Gasteiger partial charge in [0.15, 0.2) is 5.71 Å². The number of unbranched alkanes of at least 4 members (excludes halogenated alkanes) is 1. The Morgan fingerprint density at radius 2 is 1.80 bits per heavy atom. The summed E-state index contributed by atoms with van der Waals surface area (Å²) in [4.78, 5) is 25.8. The molecule has 0 radical (unpaired) electrons. The van der Waals surface area contributed by atoms with Crippen molar-refractivity contribution >= 4 is 34.4 Å². The fourth-order valence-electron chi connectivity index (χ4n) is 4.89. The summed E-state index contributed by atoms with van der Waals surface area (Å²) in [7, 11) is 1.83. The molecule has 35 heavy (non-hydrogen) atoms. The lowest BCUT2D eigenvalue weighted by atomic mass is 9.77. The molecule has 4 rings (SSSR count). The number of aliphatic hydroxyl groups excluding tert-OH is 1. The number of ketones is 1. The van der Waals surface area contributed by atoms with Crippen LogP contribution in [0.4, 0.5) is 11.4 Å². The predicted molar refractivity (Wildman–Crippen MR) is 139 cm³/mol. The molecule has 1 aliphatic heterocycles. The summed E-state index contributed by atoms with van der Waals surface area (Å²) in [6, 6.07) is 15.6. The number of aliphatic hydroxyl groups is 1. The smallest absolute Gasteiger partial charge is 0.305 e. The molecule has 182 valence electrons. The molecular weight excluding hydrogens is 440 g/mol. The highest BCUT2D eigenvalue weighted by molar-refractivity contribution is 6.40. The lowest BCUT2D eigenvalue weighted by Crippen LogP contribution is -2.31. The summed E-state index contributed by atoms with van der Waals surface area (Å²) in [5, 5.41) is 19.8. The SMILES string of the molecule is CCCC[N+]1=C(C=C2C(=O)C(c3ccc(N(C)CCC(=O)O)cc3)=C2O)C(C)(C)c2ccccc21. The maximum absolute atomic E-state index is 13.2. The number of carboxylic acid groups (broad SMARTS) is 1. The van der Waals surface area contributed by atoms with Crippen molar-refractivity contribution in [2.24, 2.45) is 0 Å². The molecule has 1 aliphatic carbocycles. The summed E-state index contributed by atoms with van der Waals surface area (Å²) in [5.74, 6) is -0.983. The zero-order valence-corrected chi connectivity index (χ0v) is 20.8. The molecule has 0 spiro atoms. The van der Waals surface area contributed by atoms with E-state index in [1.54, 1.807) is 12.1 Å². The number of Topliss-reactive ketones (excluding diaryl/α,β-unsaturated/α-hetero) is 1. The number of anilines is 1. The van der Waals surface area contributed by atoms with Crippen LogP contribution in [-0.4, -0.2) is 52.4 Å². The average Bonchev–Trinajstić information content (AvgIpc) is 3.06. The number of hydrogen-bond acceptors (Lipinski definition) is 4. The number of nitrogens with zero attached hydrogens (tertiary/aromatic N) is 2. The van der Waals surface area contributed by atoms with E-state index in [9.17, 15) is 14.7 Å². The molecule has 0 aromatic heterocycles. The quantitative estimate of drug-likeness (QED) is 0.384. The summed E-state index contributed by atoms with van der Waals surface area (Å²) in [6.45, 7) is 7.73. The standard InChI is InChI=1S/C29H32N2O4/c1-5-6-16-31-23-10-8-7-9-22(23)29(2,3)24(31)18-21-27(34)26(28(21)35)19-11-13-20(14-12-19)30(4)17-15-25(32)33/h7-14,18H,5-6,15-17H2,1-4H3,(H-,32,33,34,35)/p+1. The van der Waals surface area contributed by atoms with Crippen molar-refractivity contribution in [1.82, 2.24) is 0 Å². The third kappa shape index (κ3) is 4.41. The molecule has 1 heterocycles. The van der Waals surface area contributed by atoms with E-state index in [1.165, 1.54) is 5.56 Å². The van der Waals surface area contributed by atoms with Crippen LogP contribution in [0.3, 0.4) is 0 Å². The first kappa shape index (κ1) is 24.5. The number of para-hydroxylation sites is 1. The summed E-state index contributed by atoms with van der Waals surface area (Å²) < 4.78 is 2.28. The molecule has 0 atom stereocenters. The van der Waals surface area contributed by atoms with Gasteiger partial charge in [-0.1, -0.05) is 43.7 Å². The molecule has 0 bridgehead atoms. The van der Waals surface area contributed by atoms with Crippen molar-refractivity contribution < 1.29 is 24.4 Å². The Hall–Kier alpha value is -3.67. The minimum atomic E-state index is -0.845. The van der Waals surface area contributed by atoms with Crippen LogP contribution in [0.25, 0.3) is 5.57 Å². The summed E-state index contributed by atoms with van der Waals surface area (Å²) in [5.41, 5.74) is 5.31. The van der Waals surface area contributed by atoms with Gasteiger partial charge in [-0.05, 0) is 31.5 Å². The number of rotatable bonds is 9. The number of carboxylic acids is 1. The maximum atomic E-state index is 13.2. The van der Waals surface area contributed by atoms with Crippen LogP contribution in [0.15, 0.2) is 65.9 Å². The number of allylic oxidation sites excluding steroid dienone is 3. The van der Waals surface area contributed by atoms with Gasteiger partial charge in [0, 0.05) is 43.4 Å². The van der Waals surface area contributed by atoms with Gasteiger partial charge < -0.3 is 15.1 Å². The number of aliphatic carboxylic acids is 1. The Labute approximate surface area is 206 Å². The van der Waals surface area contributed by atoms with Crippen LogP contribution < -0.4 is 4.90 Å². The third-order valence-corrected chi connectivity index (χ3v) is 7.04. The van der Waals surface area contributed by atoms with Gasteiger partial charge in [-0.3, -0.25) is 9.59 Å². The van der Waals surface area contributed by atoms with Gasteiger partial charge in [-0.25, -0.2) is 0 Å². The molecule has 0 fully saturated rings. The van der Waals surface area contributed by atoms with Crippen molar-refractivity contribution in [3.05, 3.63) is 77.1 Å². The van der Waals surface area contributed by atoms with Crippen molar-refractivity contribution in [2.75, 3.05) is 25.0 Å². The molecule has 0 saturated carbocycles. The Kier molecular flexibility index (Phi) is 6.66. The minimum absolute atomic E-state index is 0.0247. The van der Waals surface area contributed by atoms with E-state index in [0.29, 0.717) is 23.3 Å². The van der Waals surface area contributed by atoms with Gasteiger partial charge in [-0.2, -0.15) is 4.58 Å². The van der Waals surface area contributed by atoms with Crippen LogP contribution in [0.2, 0.25) is 0 Å². The number of benzene rings is 2. The highest BCUT2D eigenvalue weighted by atomic mass is 16.4. The van der Waals surface area contributed by atoms with Gasteiger partial charge in [0.05, 0.1) is 23.0 Å². The van der Waals surface area contributed by atoms with Crippen LogP contribution in [0.1, 0.15) is 51.2 Å². The molecular formula is C29H33N2O4+. The lowest BCUT2D eigenvalue weighted by molar-refractivity contribution is -0.438. The molecule has 2 aromatic rings. The molecule has 2 aliphatic rings. The van der Waals surface area contributed by atoms with Crippen molar-refractivity contribution in [3.63, 3.8) is 0 Å². The van der Waals surface area contributed by atoms with Crippen LogP contribution in [0, 0.1) is 0 Å². The maximum Gasteiger partial charge on any atom is 0.305 e. The van der Waals surface area contributed by atoms with E-state index >= 15 is 0 Å². The van der Waals surface area contributed by atoms with E-state index in [-0.39, 0.29) is 23.4 Å². The van der Waals surface area contributed by atoms with Gasteiger partial charge >= 0.3 is 5.97 Å². The largest absolute Gasteiger partial charge is 0.506 e. The van der Waals surface area contributed by atoms with E-state index < -0.39 is 5.97 Å².